The zero-order valence-electron chi connectivity index (χ0n) is 12.2. The van der Waals surface area contributed by atoms with Crippen molar-refractivity contribution in [2.24, 2.45) is 0 Å². The molecule has 7 heteroatoms. The lowest BCUT2D eigenvalue weighted by Gasteiger charge is -2.09. The first-order chi connectivity index (χ1) is 11.0. The van der Waals surface area contributed by atoms with Crippen molar-refractivity contribution in [1.82, 2.24) is 20.0 Å². The van der Waals surface area contributed by atoms with Gasteiger partial charge < -0.3 is 0 Å². The molecule has 2 heterocycles. The van der Waals surface area contributed by atoms with Gasteiger partial charge in [-0.25, -0.2) is 4.68 Å². The second-order valence-corrected chi connectivity index (χ2v) is 5.87. The maximum absolute atomic E-state index is 12.3. The van der Waals surface area contributed by atoms with Crippen molar-refractivity contribution in [2.75, 3.05) is 0 Å². The normalized spacial score (nSPS) is 10.7. The Kier molecular flexibility index (Phi) is 4.41. The first-order valence-corrected chi connectivity index (χ1v) is 7.61. The van der Waals surface area contributed by atoms with E-state index in [2.05, 4.69) is 15.3 Å². The first kappa shape index (κ1) is 15.6. The van der Waals surface area contributed by atoms with Crippen LogP contribution in [0.5, 0.6) is 0 Å². The van der Waals surface area contributed by atoms with E-state index in [-0.39, 0.29) is 5.56 Å². The molecule has 23 heavy (non-hydrogen) atoms. The van der Waals surface area contributed by atoms with Gasteiger partial charge in [0.2, 0.25) is 0 Å². The van der Waals surface area contributed by atoms with Gasteiger partial charge in [0.1, 0.15) is 11.4 Å². The summed E-state index contributed by atoms with van der Waals surface area (Å²) >= 11 is 11.6. The summed E-state index contributed by atoms with van der Waals surface area (Å²) in [6.45, 7) is 2.10. The zero-order chi connectivity index (χ0) is 16.4. The first-order valence-electron chi connectivity index (χ1n) is 6.86. The highest BCUT2D eigenvalue weighted by molar-refractivity contribution is 6.30. The van der Waals surface area contributed by atoms with Crippen molar-refractivity contribution >= 4 is 23.2 Å². The van der Waals surface area contributed by atoms with Crippen LogP contribution in [0.1, 0.15) is 11.1 Å². The Bertz CT molecular complexity index is 889. The quantitative estimate of drug-likeness (QED) is 0.729. The highest BCUT2D eigenvalue weighted by Crippen LogP contribution is 2.15. The molecule has 0 aliphatic carbocycles. The third kappa shape index (κ3) is 3.57. The SMILES string of the molecule is Cc1cc(-c2ccc(Cl)nn2)nn(Cc2ccc(Cl)cc2)c1=O. The Morgan fingerprint density at radius 3 is 2.39 bits per heavy atom. The van der Waals surface area contributed by atoms with Crippen molar-refractivity contribution in [3.63, 3.8) is 0 Å². The van der Waals surface area contributed by atoms with Crippen molar-refractivity contribution in [3.8, 4) is 11.4 Å². The van der Waals surface area contributed by atoms with Gasteiger partial charge >= 0.3 is 0 Å². The lowest BCUT2D eigenvalue weighted by atomic mass is 10.2. The molecule has 1 aromatic carbocycles. The fourth-order valence-electron chi connectivity index (χ4n) is 2.12. The summed E-state index contributed by atoms with van der Waals surface area (Å²) in [6, 6.07) is 12.3. The molecule has 5 nitrogen and oxygen atoms in total. The van der Waals surface area contributed by atoms with E-state index in [1.54, 1.807) is 37.3 Å². The van der Waals surface area contributed by atoms with Crippen LogP contribution in [-0.4, -0.2) is 20.0 Å². The van der Waals surface area contributed by atoms with Crippen LogP contribution < -0.4 is 5.56 Å². The van der Waals surface area contributed by atoms with Crippen molar-refractivity contribution < 1.29 is 0 Å². The minimum Gasteiger partial charge on any atom is -0.268 e. The van der Waals surface area contributed by atoms with Gasteiger partial charge in [-0.05, 0) is 42.8 Å². The number of halogens is 2. The van der Waals surface area contributed by atoms with Gasteiger partial charge in [0, 0.05) is 10.6 Å². The lowest BCUT2D eigenvalue weighted by Crippen LogP contribution is -2.26. The molecule has 0 saturated carbocycles. The molecule has 3 rings (SSSR count). The maximum atomic E-state index is 12.3. The minimum absolute atomic E-state index is 0.148. The molecule has 0 N–H and O–H groups in total. The third-order valence-corrected chi connectivity index (χ3v) is 3.75. The second-order valence-electron chi connectivity index (χ2n) is 5.04. The third-order valence-electron chi connectivity index (χ3n) is 3.29. The van der Waals surface area contributed by atoms with E-state index in [1.165, 1.54) is 4.68 Å². The number of nitrogens with zero attached hydrogens (tertiary/aromatic N) is 4. The Labute approximate surface area is 142 Å². The van der Waals surface area contributed by atoms with E-state index in [1.807, 2.05) is 12.1 Å². The van der Waals surface area contributed by atoms with Crippen molar-refractivity contribution in [1.29, 1.82) is 0 Å². The van der Waals surface area contributed by atoms with Crippen LogP contribution in [0.3, 0.4) is 0 Å². The Hall–Kier alpha value is -2.24. The summed E-state index contributed by atoms with van der Waals surface area (Å²) in [7, 11) is 0. The number of hydrogen-bond acceptors (Lipinski definition) is 4. The molecule has 0 unspecified atom stereocenters. The van der Waals surface area contributed by atoms with E-state index in [4.69, 9.17) is 23.2 Å². The fraction of sp³-hybridized carbons (Fsp3) is 0.125. The molecule has 0 atom stereocenters. The van der Waals surface area contributed by atoms with Crippen LogP contribution in [0.2, 0.25) is 10.2 Å². The molecule has 116 valence electrons. The molecule has 0 bridgehead atoms. The summed E-state index contributed by atoms with van der Waals surface area (Å²) in [4.78, 5) is 12.3. The maximum Gasteiger partial charge on any atom is 0.270 e. The summed E-state index contributed by atoms with van der Waals surface area (Å²) in [5, 5.41) is 13.1. The van der Waals surface area contributed by atoms with E-state index >= 15 is 0 Å². The number of aromatic nitrogens is 4. The lowest BCUT2D eigenvalue weighted by molar-refractivity contribution is 0.636. The van der Waals surface area contributed by atoms with Gasteiger partial charge in [0.25, 0.3) is 5.56 Å². The molecular weight excluding hydrogens is 335 g/mol. The minimum atomic E-state index is -0.148. The van der Waals surface area contributed by atoms with Gasteiger partial charge in [0.15, 0.2) is 5.15 Å². The predicted molar refractivity (Wildman–Crippen MR) is 89.8 cm³/mol. The molecule has 0 amide bonds. The number of benzene rings is 1. The molecule has 0 aliphatic rings. The zero-order valence-corrected chi connectivity index (χ0v) is 13.7. The summed E-state index contributed by atoms with van der Waals surface area (Å²) in [5.74, 6) is 0. The van der Waals surface area contributed by atoms with Gasteiger partial charge in [0.05, 0.1) is 6.54 Å². The second kappa shape index (κ2) is 6.48. The topological polar surface area (TPSA) is 60.7 Å². The smallest absolute Gasteiger partial charge is 0.268 e. The van der Waals surface area contributed by atoms with E-state index in [9.17, 15) is 4.79 Å². The molecule has 0 spiro atoms. The van der Waals surface area contributed by atoms with Gasteiger partial charge in [-0.1, -0.05) is 35.3 Å². The average Bonchev–Trinajstić information content (AvgIpc) is 2.54. The molecule has 0 saturated heterocycles. The number of aryl methyl sites for hydroxylation is 1. The van der Waals surface area contributed by atoms with Crippen molar-refractivity contribution in [3.05, 3.63) is 74.1 Å². The molecular formula is C16H12Cl2N4O. The molecule has 0 fully saturated rings. The standard InChI is InChI=1S/C16H12Cl2N4O/c1-10-8-14(13-6-7-15(18)20-19-13)21-22(16(10)23)9-11-2-4-12(17)5-3-11/h2-8H,9H2,1H3. The Morgan fingerprint density at radius 1 is 1.00 bits per heavy atom. The van der Waals surface area contributed by atoms with E-state index < -0.39 is 0 Å². The Morgan fingerprint density at radius 2 is 1.74 bits per heavy atom. The average molecular weight is 347 g/mol. The van der Waals surface area contributed by atoms with Crippen LogP contribution >= 0.6 is 23.2 Å². The van der Waals surface area contributed by atoms with Crippen LogP contribution in [0.15, 0.2) is 47.3 Å². The van der Waals surface area contributed by atoms with Gasteiger partial charge in [-0.2, -0.15) is 5.10 Å². The highest BCUT2D eigenvalue weighted by Gasteiger charge is 2.09. The van der Waals surface area contributed by atoms with Crippen molar-refractivity contribution in [2.45, 2.75) is 13.5 Å². The Balaban J connectivity index is 2.01. The molecule has 3 aromatic rings. The summed E-state index contributed by atoms with van der Waals surface area (Å²) in [5.41, 5.74) is 2.50. The van der Waals surface area contributed by atoms with Crippen LogP contribution in [0.4, 0.5) is 0 Å². The van der Waals surface area contributed by atoms with Crippen LogP contribution in [0, 0.1) is 6.92 Å². The molecule has 2 aromatic heterocycles. The molecule has 0 aliphatic heterocycles. The summed E-state index contributed by atoms with van der Waals surface area (Å²) < 4.78 is 1.41. The predicted octanol–water partition coefficient (Wildman–Crippen LogP) is 3.36. The van der Waals surface area contributed by atoms with Gasteiger partial charge in [-0.3, -0.25) is 4.79 Å². The van der Waals surface area contributed by atoms with Crippen LogP contribution in [0.25, 0.3) is 11.4 Å². The fourth-order valence-corrected chi connectivity index (χ4v) is 2.35. The monoisotopic (exact) mass is 346 g/mol. The van der Waals surface area contributed by atoms with Crippen LogP contribution in [-0.2, 0) is 6.54 Å². The molecule has 0 radical (unpaired) electrons. The van der Waals surface area contributed by atoms with E-state index in [0.29, 0.717) is 33.7 Å². The number of hydrogen-bond donors (Lipinski definition) is 0. The highest BCUT2D eigenvalue weighted by atomic mass is 35.5. The van der Waals surface area contributed by atoms with E-state index in [0.717, 1.165) is 5.56 Å². The van der Waals surface area contributed by atoms with Gasteiger partial charge in [-0.15, -0.1) is 10.2 Å². The largest absolute Gasteiger partial charge is 0.270 e. The summed E-state index contributed by atoms with van der Waals surface area (Å²) in [6.07, 6.45) is 0. The number of rotatable bonds is 3.